The summed E-state index contributed by atoms with van der Waals surface area (Å²) in [4.78, 5) is 8.42. The first kappa shape index (κ1) is 7.91. The molecule has 2 aromatic heterocycles. The Balaban J connectivity index is 2.84. The molecule has 0 bridgehead atoms. The lowest BCUT2D eigenvalue weighted by Gasteiger charge is -1.99. The first-order valence-electron chi connectivity index (χ1n) is 3.64. The number of hydrogen-bond donors (Lipinski definition) is 0. The molecule has 2 aromatic rings. The lowest BCUT2D eigenvalue weighted by Crippen LogP contribution is -1.87. The second kappa shape index (κ2) is 2.97. The molecule has 2 rings (SSSR count). The predicted molar refractivity (Wildman–Crippen MR) is 57.0 cm³/mol. The van der Waals surface area contributed by atoms with Gasteiger partial charge in [-0.15, -0.1) is 0 Å². The average molecular weight is 270 g/mol. The van der Waals surface area contributed by atoms with Crippen molar-refractivity contribution in [3.8, 4) is 0 Å². The van der Waals surface area contributed by atoms with E-state index in [-0.39, 0.29) is 0 Å². The Morgan fingerprint density at radius 3 is 3.08 bits per heavy atom. The van der Waals surface area contributed by atoms with Crippen molar-refractivity contribution >= 4 is 33.5 Å². The van der Waals surface area contributed by atoms with Crippen LogP contribution in [-0.4, -0.2) is 9.97 Å². The van der Waals surface area contributed by atoms with Gasteiger partial charge in [-0.25, -0.2) is 0 Å². The maximum Gasteiger partial charge on any atom is 0.0889 e. The van der Waals surface area contributed by atoms with E-state index in [0.29, 0.717) is 0 Å². The molecule has 0 aliphatic carbocycles. The Morgan fingerprint density at radius 2 is 2.25 bits per heavy atom. The molecule has 0 atom stereocenters. The van der Waals surface area contributed by atoms with Gasteiger partial charge in [0.25, 0.3) is 0 Å². The number of rotatable bonds is 0. The molecule has 12 heavy (non-hydrogen) atoms. The molecule has 0 aliphatic rings. The molecular weight excluding hydrogens is 263 g/mol. The predicted octanol–water partition coefficient (Wildman–Crippen LogP) is 2.54. The maximum atomic E-state index is 4.41. The van der Waals surface area contributed by atoms with Crippen molar-refractivity contribution in [1.82, 2.24) is 9.97 Å². The summed E-state index contributed by atoms with van der Waals surface area (Å²) in [6.07, 6.45) is 3.58. The van der Waals surface area contributed by atoms with Crippen LogP contribution < -0.4 is 0 Å². The van der Waals surface area contributed by atoms with E-state index in [4.69, 9.17) is 0 Å². The molecule has 2 nitrogen and oxygen atoms in total. The summed E-state index contributed by atoms with van der Waals surface area (Å²) in [7, 11) is 0. The van der Waals surface area contributed by atoms with Crippen LogP contribution in [0.4, 0.5) is 0 Å². The molecule has 3 heteroatoms. The molecule has 0 saturated heterocycles. The lowest BCUT2D eigenvalue weighted by atomic mass is 10.2. The van der Waals surface area contributed by atoms with Gasteiger partial charge in [-0.2, -0.15) is 0 Å². The first-order valence-corrected chi connectivity index (χ1v) is 4.72. The van der Waals surface area contributed by atoms with Crippen LogP contribution in [0.2, 0.25) is 0 Å². The van der Waals surface area contributed by atoms with Crippen molar-refractivity contribution in [1.29, 1.82) is 0 Å². The third-order valence-corrected chi connectivity index (χ3v) is 2.84. The van der Waals surface area contributed by atoms with Crippen molar-refractivity contribution in [2.45, 2.75) is 6.92 Å². The summed E-state index contributed by atoms with van der Waals surface area (Å²) < 4.78 is 1.20. The van der Waals surface area contributed by atoms with Gasteiger partial charge in [0, 0.05) is 15.2 Å². The van der Waals surface area contributed by atoms with Crippen molar-refractivity contribution in [2.24, 2.45) is 0 Å². The van der Waals surface area contributed by atoms with Gasteiger partial charge < -0.3 is 0 Å². The van der Waals surface area contributed by atoms with Crippen molar-refractivity contribution in [2.75, 3.05) is 0 Å². The quantitative estimate of drug-likeness (QED) is 0.687. The van der Waals surface area contributed by atoms with E-state index in [0.717, 1.165) is 16.6 Å². The molecule has 0 aliphatic heterocycles. The zero-order valence-electron chi connectivity index (χ0n) is 6.58. The van der Waals surface area contributed by atoms with Gasteiger partial charge in [-0.1, -0.05) is 0 Å². The van der Waals surface area contributed by atoms with Crippen LogP contribution >= 0.6 is 22.6 Å². The monoisotopic (exact) mass is 270 g/mol. The summed E-state index contributed by atoms with van der Waals surface area (Å²) in [5.41, 5.74) is 2.03. The number of pyridine rings is 2. The molecule has 0 amide bonds. The fourth-order valence-corrected chi connectivity index (χ4v) is 1.54. The second-order valence-electron chi connectivity index (χ2n) is 2.62. The van der Waals surface area contributed by atoms with Crippen LogP contribution in [0.1, 0.15) is 5.69 Å². The van der Waals surface area contributed by atoms with Crippen LogP contribution in [-0.2, 0) is 0 Å². The highest BCUT2D eigenvalue weighted by atomic mass is 127. The van der Waals surface area contributed by atoms with Gasteiger partial charge >= 0.3 is 0 Å². The number of aromatic nitrogens is 2. The number of nitrogens with zero attached hydrogens (tertiary/aromatic N) is 2. The molecule has 0 fully saturated rings. The fourth-order valence-electron chi connectivity index (χ4n) is 1.09. The molecule has 0 unspecified atom stereocenters. The van der Waals surface area contributed by atoms with Crippen LogP contribution in [0.3, 0.4) is 0 Å². The van der Waals surface area contributed by atoms with Gasteiger partial charge in [-0.05, 0) is 41.6 Å². The smallest absolute Gasteiger partial charge is 0.0889 e. The van der Waals surface area contributed by atoms with Crippen molar-refractivity contribution < 1.29 is 0 Å². The molecule has 0 spiro atoms. The fraction of sp³-hybridized carbons (Fsp3) is 0.111. The van der Waals surface area contributed by atoms with Crippen molar-refractivity contribution in [3.63, 3.8) is 0 Å². The van der Waals surface area contributed by atoms with E-state index in [1.807, 2.05) is 13.0 Å². The van der Waals surface area contributed by atoms with E-state index < -0.39 is 0 Å². The highest BCUT2D eigenvalue weighted by molar-refractivity contribution is 14.1. The van der Waals surface area contributed by atoms with Crippen LogP contribution in [0, 0.1) is 10.5 Å². The van der Waals surface area contributed by atoms with Gasteiger partial charge in [-0.3, -0.25) is 9.97 Å². The molecule has 60 valence electrons. The summed E-state index contributed by atoms with van der Waals surface area (Å²) in [6.45, 7) is 2.01. The highest BCUT2D eigenvalue weighted by Gasteiger charge is 1.98. The van der Waals surface area contributed by atoms with E-state index in [1.54, 1.807) is 12.4 Å². The Bertz CT molecular complexity index is 385. The van der Waals surface area contributed by atoms with E-state index in [2.05, 4.69) is 38.6 Å². The number of fused-ring (bicyclic) bond motifs is 1. The zero-order chi connectivity index (χ0) is 8.55. The summed E-state index contributed by atoms with van der Waals surface area (Å²) in [5, 5.41) is 1.15. The van der Waals surface area contributed by atoms with Crippen LogP contribution in [0.25, 0.3) is 10.9 Å². The normalized spacial score (nSPS) is 10.5. The number of halogens is 1. The Kier molecular flexibility index (Phi) is 1.96. The summed E-state index contributed by atoms with van der Waals surface area (Å²) >= 11 is 2.29. The van der Waals surface area contributed by atoms with E-state index in [9.17, 15) is 0 Å². The SMILES string of the molecule is Cc1nc2cnccc2cc1I. The van der Waals surface area contributed by atoms with Gasteiger partial charge in [0.1, 0.15) is 0 Å². The van der Waals surface area contributed by atoms with E-state index in [1.165, 1.54) is 3.57 Å². The Morgan fingerprint density at radius 1 is 1.42 bits per heavy atom. The Labute approximate surface area is 84.2 Å². The summed E-state index contributed by atoms with van der Waals surface area (Å²) in [5.74, 6) is 0. The third-order valence-electron chi connectivity index (χ3n) is 1.75. The first-order chi connectivity index (χ1) is 5.77. The maximum absolute atomic E-state index is 4.41. The second-order valence-corrected chi connectivity index (χ2v) is 3.79. The van der Waals surface area contributed by atoms with E-state index >= 15 is 0 Å². The topological polar surface area (TPSA) is 25.8 Å². The van der Waals surface area contributed by atoms with Gasteiger partial charge in [0.15, 0.2) is 0 Å². The minimum atomic E-state index is 0.968. The number of hydrogen-bond acceptors (Lipinski definition) is 2. The van der Waals surface area contributed by atoms with Gasteiger partial charge in [0.2, 0.25) is 0 Å². The minimum Gasteiger partial charge on any atom is -0.262 e. The Hall–Kier alpha value is -0.710. The zero-order valence-corrected chi connectivity index (χ0v) is 8.74. The molecule has 0 aromatic carbocycles. The van der Waals surface area contributed by atoms with Gasteiger partial charge in [0.05, 0.1) is 17.4 Å². The molecule has 0 radical (unpaired) electrons. The van der Waals surface area contributed by atoms with Crippen molar-refractivity contribution in [3.05, 3.63) is 33.8 Å². The average Bonchev–Trinajstić information content (AvgIpc) is 2.07. The highest BCUT2D eigenvalue weighted by Crippen LogP contribution is 2.16. The van der Waals surface area contributed by atoms with Crippen LogP contribution in [0.5, 0.6) is 0 Å². The number of aryl methyl sites for hydroxylation is 1. The minimum absolute atomic E-state index is 0.968. The molecular formula is C9H7IN2. The summed E-state index contributed by atoms with van der Waals surface area (Å²) in [6, 6.07) is 4.10. The molecule has 0 N–H and O–H groups in total. The molecule has 2 heterocycles. The molecule has 0 saturated carbocycles. The largest absolute Gasteiger partial charge is 0.262 e. The standard InChI is InChI=1S/C9H7IN2/c1-6-8(10)4-7-2-3-11-5-9(7)12-6/h2-5H,1H3. The lowest BCUT2D eigenvalue weighted by molar-refractivity contribution is 1.21. The van der Waals surface area contributed by atoms with Crippen LogP contribution in [0.15, 0.2) is 24.5 Å². The third kappa shape index (κ3) is 1.29.